The van der Waals surface area contributed by atoms with Gasteiger partial charge in [0.15, 0.2) is 5.75 Å². The minimum Gasteiger partial charge on any atom is -0.494 e. The molecule has 1 aromatic carbocycles. The maximum Gasteiger partial charge on any atom is 0.251 e. The summed E-state index contributed by atoms with van der Waals surface area (Å²) in [5.74, 6) is -0.471. The second-order valence-corrected chi connectivity index (χ2v) is 4.81. The molecule has 0 spiro atoms. The molecule has 0 fully saturated rings. The van der Waals surface area contributed by atoms with Crippen molar-refractivity contribution in [3.8, 4) is 5.75 Å². The number of benzene rings is 1. The molecule has 0 atom stereocenters. The van der Waals surface area contributed by atoms with E-state index >= 15 is 0 Å². The molecule has 0 saturated heterocycles. The van der Waals surface area contributed by atoms with Gasteiger partial charge in [-0.25, -0.2) is 0 Å². The largest absolute Gasteiger partial charge is 0.494 e. The molecule has 8 heteroatoms. The number of nitrogens with one attached hydrogen (secondary N) is 2. The molecule has 1 aromatic rings. The van der Waals surface area contributed by atoms with Gasteiger partial charge in [-0.15, -0.1) is 0 Å². The van der Waals surface area contributed by atoms with Gasteiger partial charge < -0.3 is 20.1 Å². The molecule has 0 aromatic heterocycles. The molecule has 0 aliphatic rings. The van der Waals surface area contributed by atoms with E-state index in [1.165, 1.54) is 26.4 Å². The van der Waals surface area contributed by atoms with Crippen molar-refractivity contribution < 1.29 is 19.1 Å². The van der Waals surface area contributed by atoms with E-state index in [1.807, 2.05) is 0 Å². The van der Waals surface area contributed by atoms with Crippen LogP contribution >= 0.6 is 23.2 Å². The maximum atomic E-state index is 11.9. The molecule has 6 nitrogen and oxygen atoms in total. The summed E-state index contributed by atoms with van der Waals surface area (Å²) in [6.07, 6.45) is 0. The fourth-order valence-corrected chi connectivity index (χ4v) is 2.14. The number of halogens is 2. The zero-order valence-corrected chi connectivity index (χ0v) is 13.2. The Bertz CT molecular complexity index is 500. The SMILES string of the molecule is COCCNC(=O)CNC(=O)c1cc(Cl)c(OC)c(Cl)c1. The average Bonchev–Trinajstić information content (AvgIpc) is 2.44. The average molecular weight is 335 g/mol. The summed E-state index contributed by atoms with van der Waals surface area (Å²) >= 11 is 11.9. The highest BCUT2D eigenvalue weighted by Crippen LogP contribution is 2.33. The smallest absolute Gasteiger partial charge is 0.251 e. The standard InChI is InChI=1S/C13H16Cl2N2O4/c1-20-4-3-16-11(18)7-17-13(19)8-5-9(14)12(21-2)10(15)6-8/h5-6H,3-4,7H2,1-2H3,(H,16,18)(H,17,19). The lowest BCUT2D eigenvalue weighted by Crippen LogP contribution is -2.38. The van der Waals surface area contributed by atoms with E-state index in [4.69, 9.17) is 32.7 Å². The lowest BCUT2D eigenvalue weighted by molar-refractivity contribution is -0.120. The van der Waals surface area contributed by atoms with Crippen LogP contribution in [0.15, 0.2) is 12.1 Å². The quantitative estimate of drug-likeness (QED) is 0.741. The van der Waals surface area contributed by atoms with Gasteiger partial charge in [0.1, 0.15) is 0 Å². The van der Waals surface area contributed by atoms with Crippen LogP contribution in [0, 0.1) is 0 Å². The fourth-order valence-electron chi connectivity index (χ4n) is 1.50. The summed E-state index contributed by atoms with van der Waals surface area (Å²) in [6.45, 7) is 0.637. The minimum atomic E-state index is -0.455. The summed E-state index contributed by atoms with van der Waals surface area (Å²) in [7, 11) is 2.96. The molecular weight excluding hydrogens is 319 g/mol. The molecule has 21 heavy (non-hydrogen) atoms. The number of carbonyl (C=O) groups is 2. The molecule has 0 aliphatic carbocycles. The number of hydrogen-bond acceptors (Lipinski definition) is 4. The third-order valence-electron chi connectivity index (χ3n) is 2.50. The Kier molecular flexibility index (Phi) is 7.28. The van der Waals surface area contributed by atoms with Gasteiger partial charge in [0.2, 0.25) is 5.91 Å². The summed E-state index contributed by atoms with van der Waals surface area (Å²) in [5, 5.41) is 5.49. The van der Waals surface area contributed by atoms with Gasteiger partial charge in [0, 0.05) is 19.2 Å². The Morgan fingerprint density at radius 2 is 1.76 bits per heavy atom. The van der Waals surface area contributed by atoms with Crippen LogP contribution in [0.4, 0.5) is 0 Å². The Balaban J connectivity index is 2.58. The van der Waals surface area contributed by atoms with Crippen LogP contribution in [0.25, 0.3) is 0 Å². The third-order valence-corrected chi connectivity index (χ3v) is 3.06. The Labute approximate surface area is 132 Å². The first-order valence-corrected chi connectivity index (χ1v) is 6.82. The van der Waals surface area contributed by atoms with Crippen LogP contribution in [-0.4, -0.2) is 45.7 Å². The molecule has 1 rings (SSSR count). The number of hydrogen-bond donors (Lipinski definition) is 2. The van der Waals surface area contributed by atoms with Crippen molar-refractivity contribution in [2.45, 2.75) is 0 Å². The van der Waals surface area contributed by atoms with Crippen molar-refractivity contribution in [3.63, 3.8) is 0 Å². The van der Waals surface area contributed by atoms with Crippen molar-refractivity contribution in [1.29, 1.82) is 0 Å². The number of carbonyl (C=O) groups excluding carboxylic acids is 2. The van der Waals surface area contributed by atoms with Gasteiger partial charge in [-0.3, -0.25) is 9.59 Å². The van der Waals surface area contributed by atoms with Crippen molar-refractivity contribution in [1.82, 2.24) is 10.6 Å². The van der Waals surface area contributed by atoms with Crippen molar-refractivity contribution in [3.05, 3.63) is 27.7 Å². The summed E-state index contributed by atoms with van der Waals surface area (Å²) in [6, 6.07) is 2.84. The first-order chi connectivity index (χ1) is 9.99. The van der Waals surface area contributed by atoms with Crippen molar-refractivity contribution in [2.24, 2.45) is 0 Å². The predicted octanol–water partition coefficient (Wildman–Crippen LogP) is 1.49. The van der Waals surface area contributed by atoms with Gasteiger partial charge in [-0.2, -0.15) is 0 Å². The lowest BCUT2D eigenvalue weighted by atomic mass is 10.2. The normalized spacial score (nSPS) is 10.1. The highest BCUT2D eigenvalue weighted by molar-refractivity contribution is 6.37. The van der Waals surface area contributed by atoms with Crippen molar-refractivity contribution >= 4 is 35.0 Å². The zero-order valence-electron chi connectivity index (χ0n) is 11.7. The fraction of sp³-hybridized carbons (Fsp3) is 0.385. The molecule has 116 valence electrons. The van der Waals surface area contributed by atoms with Crippen LogP contribution in [-0.2, 0) is 9.53 Å². The van der Waals surface area contributed by atoms with Gasteiger partial charge in [0.05, 0.1) is 30.3 Å². The second kappa shape index (κ2) is 8.71. The number of ether oxygens (including phenoxy) is 2. The highest BCUT2D eigenvalue weighted by atomic mass is 35.5. The lowest BCUT2D eigenvalue weighted by Gasteiger charge is -2.09. The molecule has 0 unspecified atom stereocenters. The Hall–Kier alpha value is -1.50. The van der Waals surface area contributed by atoms with Crippen LogP contribution in [0.3, 0.4) is 0 Å². The zero-order chi connectivity index (χ0) is 15.8. The van der Waals surface area contributed by atoms with Gasteiger partial charge in [0.25, 0.3) is 5.91 Å². The van der Waals surface area contributed by atoms with E-state index in [1.54, 1.807) is 0 Å². The molecule has 0 radical (unpaired) electrons. The van der Waals surface area contributed by atoms with Gasteiger partial charge in [-0.1, -0.05) is 23.2 Å². The second-order valence-electron chi connectivity index (χ2n) is 4.00. The summed E-state index contributed by atoms with van der Waals surface area (Å²) < 4.78 is 9.78. The Morgan fingerprint density at radius 1 is 1.14 bits per heavy atom. The first kappa shape index (κ1) is 17.6. The number of methoxy groups -OCH3 is 2. The third kappa shape index (κ3) is 5.41. The van der Waals surface area contributed by atoms with Crippen LogP contribution < -0.4 is 15.4 Å². The topological polar surface area (TPSA) is 76.7 Å². The molecule has 0 bridgehead atoms. The van der Waals surface area contributed by atoms with E-state index in [0.717, 1.165) is 0 Å². The van der Waals surface area contributed by atoms with E-state index in [0.29, 0.717) is 18.9 Å². The van der Waals surface area contributed by atoms with E-state index in [-0.39, 0.29) is 28.1 Å². The summed E-state index contributed by atoms with van der Waals surface area (Å²) in [4.78, 5) is 23.3. The highest BCUT2D eigenvalue weighted by Gasteiger charge is 2.14. The maximum absolute atomic E-state index is 11.9. The minimum absolute atomic E-state index is 0.149. The predicted molar refractivity (Wildman–Crippen MR) is 80.2 cm³/mol. The van der Waals surface area contributed by atoms with Crippen molar-refractivity contribution in [2.75, 3.05) is 33.9 Å². The molecule has 0 aliphatic heterocycles. The molecular formula is C13H16Cl2N2O4. The van der Waals surface area contributed by atoms with E-state index in [2.05, 4.69) is 10.6 Å². The Morgan fingerprint density at radius 3 is 2.29 bits per heavy atom. The van der Waals surface area contributed by atoms with Crippen LogP contribution in [0.5, 0.6) is 5.75 Å². The van der Waals surface area contributed by atoms with Gasteiger partial charge >= 0.3 is 0 Å². The molecule has 2 N–H and O–H groups in total. The molecule has 0 saturated carbocycles. The number of rotatable bonds is 7. The molecule has 2 amide bonds. The first-order valence-electron chi connectivity index (χ1n) is 6.06. The van der Waals surface area contributed by atoms with Crippen LogP contribution in [0.2, 0.25) is 10.0 Å². The van der Waals surface area contributed by atoms with E-state index in [9.17, 15) is 9.59 Å². The van der Waals surface area contributed by atoms with E-state index < -0.39 is 5.91 Å². The summed E-state index contributed by atoms with van der Waals surface area (Å²) in [5.41, 5.74) is 0.246. The number of amides is 2. The monoisotopic (exact) mass is 334 g/mol. The molecule has 0 heterocycles. The van der Waals surface area contributed by atoms with Crippen LogP contribution in [0.1, 0.15) is 10.4 Å². The van der Waals surface area contributed by atoms with Gasteiger partial charge in [-0.05, 0) is 12.1 Å².